The lowest BCUT2D eigenvalue weighted by Crippen LogP contribution is -2.40. The van der Waals surface area contributed by atoms with Crippen LogP contribution in [-0.2, 0) is 16.0 Å². The first-order chi connectivity index (χ1) is 14.7. The molecule has 0 unspecified atom stereocenters. The van der Waals surface area contributed by atoms with Crippen LogP contribution in [0, 0.1) is 0 Å². The van der Waals surface area contributed by atoms with Crippen LogP contribution in [0.2, 0.25) is 0 Å². The van der Waals surface area contributed by atoms with Crippen LogP contribution in [0.25, 0.3) is 0 Å². The zero-order valence-electron chi connectivity index (χ0n) is 17.4. The summed E-state index contributed by atoms with van der Waals surface area (Å²) in [6.07, 6.45) is 0.993. The van der Waals surface area contributed by atoms with Crippen LogP contribution in [0.15, 0.2) is 54.6 Å². The molecule has 0 aromatic heterocycles. The summed E-state index contributed by atoms with van der Waals surface area (Å²) in [5.74, 6) is -0.386. The van der Waals surface area contributed by atoms with E-state index in [1.165, 1.54) is 12.7 Å². The Kier molecular flexibility index (Phi) is 8.62. The number of methoxy groups -OCH3 is 1. The molecule has 2 aromatic carbocycles. The summed E-state index contributed by atoms with van der Waals surface area (Å²) < 4.78 is 10.3. The molecule has 0 bridgehead atoms. The van der Waals surface area contributed by atoms with E-state index in [4.69, 9.17) is 21.7 Å². The molecule has 0 spiro atoms. The Bertz CT molecular complexity index is 825. The van der Waals surface area contributed by atoms with E-state index in [0.717, 1.165) is 45.8 Å². The zero-order valence-corrected chi connectivity index (χ0v) is 18.2. The van der Waals surface area contributed by atoms with Crippen molar-refractivity contribution < 1.29 is 14.3 Å². The largest absolute Gasteiger partial charge is 0.465 e. The average Bonchev–Trinajstić information content (AvgIpc) is 2.79. The van der Waals surface area contributed by atoms with E-state index >= 15 is 0 Å². The van der Waals surface area contributed by atoms with Gasteiger partial charge >= 0.3 is 5.97 Å². The Balaban J connectivity index is 1.67. The van der Waals surface area contributed by atoms with Crippen molar-refractivity contribution in [2.45, 2.75) is 13.0 Å². The Morgan fingerprint density at radius 1 is 1.13 bits per heavy atom. The van der Waals surface area contributed by atoms with E-state index in [2.05, 4.69) is 27.2 Å². The Morgan fingerprint density at radius 2 is 1.83 bits per heavy atom. The third-order valence-corrected chi connectivity index (χ3v) is 5.44. The molecule has 0 atom stereocenters. The van der Waals surface area contributed by atoms with Crippen LogP contribution >= 0.6 is 12.2 Å². The van der Waals surface area contributed by atoms with Gasteiger partial charge in [0.1, 0.15) is 0 Å². The zero-order chi connectivity index (χ0) is 21.2. The number of para-hydroxylation sites is 1. The highest BCUT2D eigenvalue weighted by molar-refractivity contribution is 7.80. The van der Waals surface area contributed by atoms with Crippen molar-refractivity contribution >= 4 is 29.0 Å². The number of anilines is 1. The molecule has 0 saturated carbocycles. The highest BCUT2D eigenvalue weighted by Crippen LogP contribution is 2.18. The topological polar surface area (TPSA) is 54.0 Å². The molecule has 1 heterocycles. The second kappa shape index (κ2) is 11.6. The van der Waals surface area contributed by atoms with E-state index in [9.17, 15) is 4.79 Å². The van der Waals surface area contributed by atoms with Gasteiger partial charge in [0.15, 0.2) is 5.11 Å². The number of benzene rings is 2. The maximum Gasteiger partial charge on any atom is 0.339 e. The number of hydrogen-bond donors (Lipinski definition) is 1. The predicted octanol–water partition coefficient (Wildman–Crippen LogP) is 3.39. The van der Waals surface area contributed by atoms with Gasteiger partial charge in [0.2, 0.25) is 0 Å². The second-order valence-electron chi connectivity index (χ2n) is 7.18. The highest BCUT2D eigenvalue weighted by Gasteiger charge is 2.16. The van der Waals surface area contributed by atoms with Crippen LogP contribution in [0.3, 0.4) is 0 Å². The fourth-order valence-corrected chi connectivity index (χ4v) is 3.71. The summed E-state index contributed by atoms with van der Waals surface area (Å²) in [5.41, 5.74) is 2.31. The molecule has 1 saturated heterocycles. The lowest BCUT2D eigenvalue weighted by atomic mass is 10.2. The maximum atomic E-state index is 12.1. The lowest BCUT2D eigenvalue weighted by molar-refractivity contribution is 0.0367. The van der Waals surface area contributed by atoms with Crippen molar-refractivity contribution in [1.29, 1.82) is 0 Å². The van der Waals surface area contributed by atoms with E-state index in [1.807, 2.05) is 36.4 Å². The van der Waals surface area contributed by atoms with Crippen LogP contribution < -0.4 is 5.32 Å². The fraction of sp³-hybridized carbons (Fsp3) is 0.391. The molecule has 1 aliphatic rings. The Morgan fingerprint density at radius 3 is 2.57 bits per heavy atom. The molecule has 0 aliphatic carbocycles. The first-order valence-electron chi connectivity index (χ1n) is 10.2. The van der Waals surface area contributed by atoms with Gasteiger partial charge in [0.05, 0.1) is 31.6 Å². The van der Waals surface area contributed by atoms with Crippen molar-refractivity contribution in [1.82, 2.24) is 9.80 Å². The minimum atomic E-state index is -0.386. The van der Waals surface area contributed by atoms with Crippen LogP contribution in [-0.4, -0.2) is 67.4 Å². The van der Waals surface area contributed by atoms with Crippen LogP contribution in [0.4, 0.5) is 5.69 Å². The Labute approximate surface area is 183 Å². The first kappa shape index (κ1) is 22.2. The maximum absolute atomic E-state index is 12.1. The minimum Gasteiger partial charge on any atom is -0.465 e. The molecule has 7 heteroatoms. The number of thiocarbonyl (C=S) groups is 1. The highest BCUT2D eigenvalue weighted by atomic mass is 32.1. The molecule has 3 rings (SSSR count). The van der Waals surface area contributed by atoms with Crippen LogP contribution in [0.1, 0.15) is 22.3 Å². The number of hydrogen-bond acceptors (Lipinski definition) is 5. The van der Waals surface area contributed by atoms with Crippen molar-refractivity contribution in [2.24, 2.45) is 0 Å². The molecule has 0 radical (unpaired) electrons. The molecule has 1 fully saturated rings. The van der Waals surface area contributed by atoms with Crippen molar-refractivity contribution in [3.8, 4) is 0 Å². The van der Waals surface area contributed by atoms with Gasteiger partial charge in [-0.1, -0.05) is 42.5 Å². The predicted molar refractivity (Wildman–Crippen MR) is 123 cm³/mol. The molecule has 6 nitrogen and oxygen atoms in total. The second-order valence-corrected chi connectivity index (χ2v) is 7.57. The number of ether oxygens (including phenoxy) is 2. The summed E-state index contributed by atoms with van der Waals surface area (Å²) in [6.45, 7) is 6.10. The number of nitrogens with one attached hydrogen (secondary N) is 1. The summed E-state index contributed by atoms with van der Waals surface area (Å²) in [6, 6.07) is 17.5. The van der Waals surface area contributed by atoms with E-state index in [0.29, 0.717) is 22.9 Å². The summed E-state index contributed by atoms with van der Waals surface area (Å²) in [7, 11) is 1.38. The quantitative estimate of drug-likeness (QED) is 0.512. The van der Waals surface area contributed by atoms with Crippen molar-refractivity contribution in [3.05, 3.63) is 65.7 Å². The van der Waals surface area contributed by atoms with Gasteiger partial charge in [-0.25, -0.2) is 4.79 Å². The fourth-order valence-electron chi connectivity index (χ4n) is 3.44. The third-order valence-electron chi connectivity index (χ3n) is 5.08. The standard InChI is InChI=1S/C23H29N3O3S/c1-28-22(27)20-10-5-6-11-21(20)24-23(30)26(18-19-8-3-2-4-9-19)13-7-12-25-14-16-29-17-15-25/h2-6,8-11H,7,12-18H2,1H3,(H,24,30). The SMILES string of the molecule is COC(=O)c1ccccc1NC(=S)N(CCCN1CCOCC1)Cc1ccccc1. The Hall–Kier alpha value is -2.48. The van der Waals surface area contributed by atoms with Gasteiger partial charge in [-0.15, -0.1) is 0 Å². The number of rotatable bonds is 8. The van der Waals surface area contributed by atoms with Gasteiger partial charge < -0.3 is 19.7 Å². The van der Waals surface area contributed by atoms with E-state index < -0.39 is 0 Å². The third kappa shape index (κ3) is 6.52. The molecule has 1 N–H and O–H groups in total. The summed E-state index contributed by atoms with van der Waals surface area (Å²) in [4.78, 5) is 16.7. The van der Waals surface area contributed by atoms with E-state index in [1.54, 1.807) is 6.07 Å². The number of esters is 1. The smallest absolute Gasteiger partial charge is 0.339 e. The average molecular weight is 428 g/mol. The normalized spacial score (nSPS) is 14.2. The van der Waals surface area contributed by atoms with Crippen molar-refractivity contribution in [2.75, 3.05) is 51.8 Å². The molecule has 2 aromatic rings. The summed E-state index contributed by atoms with van der Waals surface area (Å²) >= 11 is 5.74. The summed E-state index contributed by atoms with van der Waals surface area (Å²) in [5, 5.41) is 3.85. The number of carbonyl (C=O) groups is 1. The molecule has 160 valence electrons. The van der Waals surface area contributed by atoms with Crippen molar-refractivity contribution in [3.63, 3.8) is 0 Å². The molecular formula is C23H29N3O3S. The number of carbonyl (C=O) groups excluding carboxylic acids is 1. The molecule has 30 heavy (non-hydrogen) atoms. The first-order valence-corrected chi connectivity index (χ1v) is 10.7. The van der Waals surface area contributed by atoms with Gasteiger partial charge in [0.25, 0.3) is 0 Å². The van der Waals surface area contributed by atoms with Gasteiger partial charge in [0, 0.05) is 32.7 Å². The molecule has 0 amide bonds. The lowest BCUT2D eigenvalue weighted by Gasteiger charge is -2.30. The van der Waals surface area contributed by atoms with Crippen LogP contribution in [0.5, 0.6) is 0 Å². The van der Waals surface area contributed by atoms with Gasteiger partial charge in [-0.2, -0.15) is 0 Å². The molecule has 1 aliphatic heterocycles. The number of morpholine rings is 1. The van der Waals surface area contributed by atoms with E-state index in [-0.39, 0.29) is 5.97 Å². The minimum absolute atomic E-state index is 0.386. The van der Waals surface area contributed by atoms with Gasteiger partial charge in [-0.3, -0.25) is 4.90 Å². The molecular weight excluding hydrogens is 398 g/mol. The van der Waals surface area contributed by atoms with Gasteiger partial charge in [-0.05, 0) is 36.3 Å². The number of nitrogens with zero attached hydrogens (tertiary/aromatic N) is 2. The monoisotopic (exact) mass is 427 g/mol.